The van der Waals surface area contributed by atoms with Crippen LogP contribution >= 0.6 is 0 Å². The SMILES string of the molecule is COc1cc(/C=C/C(=O)O[C@H](C)C(=O)Nc2ccccc2C(C)=O)ccc1OC(C)C. The van der Waals surface area contributed by atoms with Crippen LogP contribution in [0.4, 0.5) is 5.69 Å². The topological polar surface area (TPSA) is 90.9 Å². The highest BCUT2D eigenvalue weighted by Crippen LogP contribution is 2.29. The highest BCUT2D eigenvalue weighted by atomic mass is 16.5. The number of Topliss-reactive ketones (excluding diaryl/α,β-unsaturated/α-hetero) is 1. The summed E-state index contributed by atoms with van der Waals surface area (Å²) in [7, 11) is 1.54. The van der Waals surface area contributed by atoms with Crippen molar-refractivity contribution in [2.75, 3.05) is 12.4 Å². The molecule has 2 aromatic carbocycles. The molecule has 7 heteroatoms. The predicted molar refractivity (Wildman–Crippen MR) is 118 cm³/mol. The number of para-hydroxylation sites is 1. The Balaban J connectivity index is 1.99. The first-order chi connectivity index (χ1) is 14.7. The fourth-order valence-electron chi connectivity index (χ4n) is 2.70. The summed E-state index contributed by atoms with van der Waals surface area (Å²) in [6.45, 7) is 6.70. The molecule has 0 aromatic heterocycles. The molecule has 0 heterocycles. The molecule has 2 rings (SSSR count). The average Bonchev–Trinajstić information content (AvgIpc) is 2.72. The number of hydrogen-bond acceptors (Lipinski definition) is 6. The summed E-state index contributed by atoms with van der Waals surface area (Å²) in [5, 5.41) is 2.62. The van der Waals surface area contributed by atoms with Gasteiger partial charge in [-0.15, -0.1) is 0 Å². The van der Waals surface area contributed by atoms with Gasteiger partial charge in [-0.25, -0.2) is 4.79 Å². The van der Waals surface area contributed by atoms with Crippen molar-refractivity contribution in [3.05, 3.63) is 59.7 Å². The van der Waals surface area contributed by atoms with Crippen molar-refractivity contribution in [1.82, 2.24) is 0 Å². The van der Waals surface area contributed by atoms with Gasteiger partial charge < -0.3 is 19.5 Å². The summed E-state index contributed by atoms with van der Waals surface area (Å²) < 4.78 is 16.1. The van der Waals surface area contributed by atoms with Crippen LogP contribution in [0.1, 0.15) is 43.6 Å². The lowest BCUT2D eigenvalue weighted by Crippen LogP contribution is -2.30. The molecule has 7 nitrogen and oxygen atoms in total. The van der Waals surface area contributed by atoms with E-state index < -0.39 is 18.0 Å². The fraction of sp³-hybridized carbons (Fsp3) is 0.292. The van der Waals surface area contributed by atoms with E-state index in [-0.39, 0.29) is 11.9 Å². The quantitative estimate of drug-likeness (QED) is 0.367. The molecule has 0 unspecified atom stereocenters. The van der Waals surface area contributed by atoms with E-state index in [0.29, 0.717) is 28.3 Å². The number of benzene rings is 2. The first-order valence-electron chi connectivity index (χ1n) is 9.85. The van der Waals surface area contributed by atoms with Crippen molar-refractivity contribution in [2.24, 2.45) is 0 Å². The zero-order valence-electron chi connectivity index (χ0n) is 18.3. The lowest BCUT2D eigenvalue weighted by molar-refractivity contribution is -0.148. The van der Waals surface area contributed by atoms with Gasteiger partial charge in [0.15, 0.2) is 23.4 Å². The second-order valence-electron chi connectivity index (χ2n) is 7.08. The van der Waals surface area contributed by atoms with E-state index in [1.165, 1.54) is 27.0 Å². The van der Waals surface area contributed by atoms with Crippen LogP contribution in [0.3, 0.4) is 0 Å². The molecule has 0 fully saturated rings. The summed E-state index contributed by atoms with van der Waals surface area (Å²) in [5.41, 5.74) is 1.46. The summed E-state index contributed by atoms with van der Waals surface area (Å²) >= 11 is 0. The number of hydrogen-bond donors (Lipinski definition) is 1. The van der Waals surface area contributed by atoms with E-state index in [1.54, 1.807) is 48.5 Å². The maximum Gasteiger partial charge on any atom is 0.331 e. The van der Waals surface area contributed by atoms with Crippen molar-refractivity contribution in [3.8, 4) is 11.5 Å². The van der Waals surface area contributed by atoms with Crippen LogP contribution in [0.15, 0.2) is 48.5 Å². The molecule has 1 amide bonds. The number of methoxy groups -OCH3 is 1. The predicted octanol–water partition coefficient (Wildman–Crippen LogP) is 4.27. The molecular formula is C24H27NO6. The van der Waals surface area contributed by atoms with Crippen molar-refractivity contribution >= 4 is 29.4 Å². The van der Waals surface area contributed by atoms with Gasteiger partial charge in [-0.3, -0.25) is 9.59 Å². The second-order valence-corrected chi connectivity index (χ2v) is 7.08. The van der Waals surface area contributed by atoms with Gasteiger partial charge >= 0.3 is 5.97 Å². The first-order valence-corrected chi connectivity index (χ1v) is 9.85. The monoisotopic (exact) mass is 425 g/mol. The Morgan fingerprint density at radius 3 is 2.35 bits per heavy atom. The molecule has 164 valence electrons. The van der Waals surface area contributed by atoms with E-state index in [9.17, 15) is 14.4 Å². The lowest BCUT2D eigenvalue weighted by Gasteiger charge is -2.14. The molecule has 0 radical (unpaired) electrons. The number of esters is 1. The Labute approximate surface area is 182 Å². The van der Waals surface area contributed by atoms with Crippen molar-refractivity contribution < 1.29 is 28.6 Å². The van der Waals surface area contributed by atoms with Gasteiger partial charge in [-0.2, -0.15) is 0 Å². The van der Waals surface area contributed by atoms with E-state index in [1.807, 2.05) is 13.8 Å². The first kappa shape index (κ1) is 23.7. The Morgan fingerprint density at radius 2 is 1.71 bits per heavy atom. The number of ether oxygens (including phenoxy) is 3. The van der Waals surface area contributed by atoms with Gasteiger partial charge in [-0.05, 0) is 63.6 Å². The van der Waals surface area contributed by atoms with Crippen LogP contribution in [0.25, 0.3) is 6.08 Å². The van der Waals surface area contributed by atoms with Gasteiger partial charge in [-0.1, -0.05) is 18.2 Å². The Hall–Kier alpha value is -3.61. The molecule has 0 saturated carbocycles. The van der Waals surface area contributed by atoms with E-state index in [4.69, 9.17) is 14.2 Å². The molecule has 0 saturated heterocycles. The Morgan fingerprint density at radius 1 is 1.00 bits per heavy atom. The molecule has 0 aliphatic carbocycles. The molecule has 31 heavy (non-hydrogen) atoms. The summed E-state index contributed by atoms with van der Waals surface area (Å²) in [4.78, 5) is 36.2. The highest BCUT2D eigenvalue weighted by molar-refractivity contribution is 6.05. The number of anilines is 1. The summed E-state index contributed by atoms with van der Waals surface area (Å²) in [6, 6.07) is 11.9. The number of rotatable bonds is 9. The number of amides is 1. The minimum Gasteiger partial charge on any atom is -0.493 e. The van der Waals surface area contributed by atoms with Crippen LogP contribution in [0.5, 0.6) is 11.5 Å². The van der Waals surface area contributed by atoms with Crippen molar-refractivity contribution in [1.29, 1.82) is 0 Å². The Kier molecular flexibility index (Phi) is 8.37. The largest absolute Gasteiger partial charge is 0.493 e. The van der Waals surface area contributed by atoms with Gasteiger partial charge in [0.25, 0.3) is 5.91 Å². The molecule has 0 spiro atoms. The standard InChI is InChI=1S/C24H27NO6/c1-15(2)30-21-12-10-18(14-22(21)29-5)11-13-23(27)31-17(4)24(28)25-20-9-7-6-8-19(20)16(3)26/h6-15,17H,1-5H3,(H,25,28)/b13-11+/t17-/m1/s1. The zero-order valence-corrected chi connectivity index (χ0v) is 18.3. The molecule has 0 aliphatic heterocycles. The highest BCUT2D eigenvalue weighted by Gasteiger charge is 2.18. The molecule has 0 bridgehead atoms. The molecular weight excluding hydrogens is 398 g/mol. The third-order valence-corrected chi connectivity index (χ3v) is 4.19. The normalized spacial score (nSPS) is 11.8. The number of nitrogens with one attached hydrogen (secondary N) is 1. The number of ketones is 1. The van der Waals surface area contributed by atoms with Crippen molar-refractivity contribution in [3.63, 3.8) is 0 Å². The van der Waals surface area contributed by atoms with Crippen LogP contribution in [0, 0.1) is 0 Å². The fourth-order valence-corrected chi connectivity index (χ4v) is 2.70. The maximum atomic E-state index is 12.4. The van der Waals surface area contributed by atoms with E-state index >= 15 is 0 Å². The van der Waals surface area contributed by atoms with Crippen LogP contribution in [-0.4, -0.2) is 37.0 Å². The third kappa shape index (κ3) is 6.99. The Bertz CT molecular complexity index is 980. The van der Waals surface area contributed by atoms with Gasteiger partial charge in [0, 0.05) is 11.6 Å². The minimum absolute atomic E-state index is 0.000292. The smallest absolute Gasteiger partial charge is 0.331 e. The molecule has 2 aromatic rings. The third-order valence-electron chi connectivity index (χ3n) is 4.19. The van der Waals surface area contributed by atoms with Gasteiger partial charge in [0.1, 0.15) is 0 Å². The van der Waals surface area contributed by atoms with E-state index in [0.717, 1.165) is 0 Å². The van der Waals surface area contributed by atoms with Crippen LogP contribution < -0.4 is 14.8 Å². The number of carbonyl (C=O) groups excluding carboxylic acids is 3. The lowest BCUT2D eigenvalue weighted by atomic mass is 10.1. The minimum atomic E-state index is -1.05. The van der Waals surface area contributed by atoms with Gasteiger partial charge in [0.05, 0.1) is 18.9 Å². The van der Waals surface area contributed by atoms with Crippen molar-refractivity contribution in [2.45, 2.75) is 39.9 Å². The zero-order chi connectivity index (χ0) is 23.0. The van der Waals surface area contributed by atoms with Crippen LogP contribution in [-0.2, 0) is 14.3 Å². The molecule has 1 atom stereocenters. The van der Waals surface area contributed by atoms with Gasteiger partial charge in [0.2, 0.25) is 0 Å². The molecule has 1 N–H and O–H groups in total. The summed E-state index contributed by atoms with van der Waals surface area (Å²) in [5.74, 6) is -0.241. The van der Waals surface area contributed by atoms with E-state index in [2.05, 4.69) is 5.32 Å². The number of carbonyl (C=O) groups is 3. The second kappa shape index (κ2) is 11.0. The summed E-state index contributed by atoms with van der Waals surface area (Å²) in [6.07, 6.45) is 1.74. The maximum absolute atomic E-state index is 12.4. The molecule has 0 aliphatic rings. The van der Waals surface area contributed by atoms with Crippen LogP contribution in [0.2, 0.25) is 0 Å². The average molecular weight is 425 g/mol.